The van der Waals surface area contributed by atoms with Crippen LogP contribution in [-0.4, -0.2) is 89.6 Å². The van der Waals surface area contributed by atoms with Crippen molar-refractivity contribution in [3.63, 3.8) is 0 Å². The number of amides is 1. The number of hydrogen-bond acceptors (Lipinski definition) is 6. The molecule has 126 valence electrons. The van der Waals surface area contributed by atoms with E-state index >= 15 is 0 Å². The van der Waals surface area contributed by atoms with Gasteiger partial charge in [-0.15, -0.1) is 0 Å². The molecule has 0 bridgehead atoms. The second-order valence-electron chi connectivity index (χ2n) is 6.43. The lowest BCUT2D eigenvalue weighted by Crippen LogP contribution is -2.49. The Balaban J connectivity index is 1.52. The number of carbonyl (C=O) groups is 1. The molecule has 7 heteroatoms. The molecular formula is C16H25N5O2. The Bertz CT molecular complexity index is 526. The second kappa shape index (κ2) is 7.33. The predicted octanol–water partition coefficient (Wildman–Crippen LogP) is -0.160. The molecule has 2 unspecified atom stereocenters. The van der Waals surface area contributed by atoms with Gasteiger partial charge in [0.1, 0.15) is 11.9 Å². The Kier molecular flexibility index (Phi) is 5.20. The standard InChI is InChI=1S/C16H25N5O2/c1-19-8-9-23-14(11-19)16(22)21-7-4-13(10-21)20(2)12-15-17-5-3-6-18-15/h3,5-6,13-14H,4,7-12H2,1-2H3. The first-order valence-electron chi connectivity index (χ1n) is 8.18. The zero-order chi connectivity index (χ0) is 16.2. The van der Waals surface area contributed by atoms with Gasteiger partial charge in [0.05, 0.1) is 13.2 Å². The Hall–Kier alpha value is -1.57. The molecule has 2 aliphatic rings. The van der Waals surface area contributed by atoms with Crippen LogP contribution in [0.4, 0.5) is 0 Å². The molecule has 2 aliphatic heterocycles. The number of nitrogens with zero attached hydrogens (tertiary/aromatic N) is 5. The lowest BCUT2D eigenvalue weighted by atomic mass is 10.2. The van der Waals surface area contributed by atoms with Crippen LogP contribution in [0, 0.1) is 0 Å². The molecule has 0 spiro atoms. The molecule has 1 amide bonds. The van der Waals surface area contributed by atoms with E-state index in [1.54, 1.807) is 12.4 Å². The molecule has 0 saturated carbocycles. The smallest absolute Gasteiger partial charge is 0.253 e. The summed E-state index contributed by atoms with van der Waals surface area (Å²) >= 11 is 0. The molecule has 1 aromatic rings. The maximum absolute atomic E-state index is 12.6. The van der Waals surface area contributed by atoms with Crippen LogP contribution in [0.2, 0.25) is 0 Å². The predicted molar refractivity (Wildman–Crippen MR) is 85.7 cm³/mol. The monoisotopic (exact) mass is 319 g/mol. The first-order chi connectivity index (χ1) is 11.1. The number of likely N-dealkylation sites (N-methyl/N-ethyl adjacent to an activating group) is 2. The lowest BCUT2D eigenvalue weighted by Gasteiger charge is -2.32. The molecule has 2 saturated heterocycles. The fraction of sp³-hybridized carbons (Fsp3) is 0.688. The minimum atomic E-state index is -0.310. The van der Waals surface area contributed by atoms with E-state index < -0.39 is 0 Å². The summed E-state index contributed by atoms with van der Waals surface area (Å²) < 4.78 is 5.65. The molecule has 2 fully saturated rings. The number of rotatable bonds is 4. The van der Waals surface area contributed by atoms with E-state index in [2.05, 4.69) is 26.8 Å². The summed E-state index contributed by atoms with van der Waals surface area (Å²) in [5.41, 5.74) is 0. The number of aromatic nitrogens is 2. The van der Waals surface area contributed by atoms with Gasteiger partial charge in [0.2, 0.25) is 0 Å². The molecular weight excluding hydrogens is 294 g/mol. The third-order valence-electron chi connectivity index (χ3n) is 4.65. The van der Waals surface area contributed by atoms with Crippen LogP contribution < -0.4 is 0 Å². The lowest BCUT2D eigenvalue weighted by molar-refractivity contribution is -0.147. The third kappa shape index (κ3) is 4.04. The summed E-state index contributed by atoms with van der Waals surface area (Å²) in [4.78, 5) is 27.5. The summed E-state index contributed by atoms with van der Waals surface area (Å²) in [7, 11) is 4.10. The molecule has 0 radical (unpaired) electrons. The Morgan fingerprint density at radius 2 is 2.13 bits per heavy atom. The van der Waals surface area contributed by atoms with Crippen molar-refractivity contribution in [2.75, 3.05) is 46.9 Å². The largest absolute Gasteiger partial charge is 0.366 e. The highest BCUT2D eigenvalue weighted by Crippen LogP contribution is 2.18. The highest BCUT2D eigenvalue weighted by Gasteiger charge is 2.34. The van der Waals surface area contributed by atoms with Gasteiger partial charge in [-0.3, -0.25) is 9.69 Å². The van der Waals surface area contributed by atoms with Crippen molar-refractivity contribution in [2.24, 2.45) is 0 Å². The van der Waals surface area contributed by atoms with Gasteiger partial charge in [0.25, 0.3) is 5.91 Å². The maximum Gasteiger partial charge on any atom is 0.253 e. The van der Waals surface area contributed by atoms with Crippen LogP contribution in [0.5, 0.6) is 0 Å². The van der Waals surface area contributed by atoms with Gasteiger partial charge >= 0.3 is 0 Å². The summed E-state index contributed by atoms with van der Waals surface area (Å²) in [6, 6.07) is 2.17. The zero-order valence-electron chi connectivity index (χ0n) is 13.9. The van der Waals surface area contributed by atoms with Gasteiger partial charge in [-0.25, -0.2) is 9.97 Å². The molecule has 7 nitrogen and oxygen atoms in total. The molecule has 0 N–H and O–H groups in total. The van der Waals surface area contributed by atoms with Crippen molar-refractivity contribution < 1.29 is 9.53 Å². The minimum absolute atomic E-state index is 0.128. The summed E-state index contributed by atoms with van der Waals surface area (Å²) in [5, 5.41) is 0. The van der Waals surface area contributed by atoms with Crippen molar-refractivity contribution in [3.05, 3.63) is 24.3 Å². The SMILES string of the molecule is CN1CCOC(C(=O)N2CCC(N(C)Cc3ncccn3)C2)C1. The molecule has 23 heavy (non-hydrogen) atoms. The van der Waals surface area contributed by atoms with Gasteiger partial charge in [-0.05, 0) is 26.6 Å². The highest BCUT2D eigenvalue weighted by molar-refractivity contribution is 5.81. The van der Waals surface area contributed by atoms with E-state index in [0.717, 1.165) is 31.9 Å². The van der Waals surface area contributed by atoms with Gasteiger partial charge in [0.15, 0.2) is 0 Å². The van der Waals surface area contributed by atoms with Crippen LogP contribution in [0.3, 0.4) is 0 Å². The fourth-order valence-corrected chi connectivity index (χ4v) is 3.20. The molecule has 0 aromatic carbocycles. The van der Waals surface area contributed by atoms with Crippen LogP contribution in [-0.2, 0) is 16.1 Å². The first-order valence-corrected chi connectivity index (χ1v) is 8.18. The zero-order valence-corrected chi connectivity index (χ0v) is 13.9. The van der Waals surface area contributed by atoms with Crippen LogP contribution in [0.15, 0.2) is 18.5 Å². The molecule has 1 aromatic heterocycles. The van der Waals surface area contributed by atoms with Gasteiger partial charge < -0.3 is 14.5 Å². The Morgan fingerprint density at radius 3 is 2.87 bits per heavy atom. The van der Waals surface area contributed by atoms with E-state index in [0.29, 0.717) is 25.7 Å². The maximum atomic E-state index is 12.6. The van der Waals surface area contributed by atoms with E-state index in [-0.39, 0.29) is 12.0 Å². The van der Waals surface area contributed by atoms with E-state index in [4.69, 9.17) is 4.74 Å². The number of ether oxygens (including phenoxy) is 1. The molecule has 3 rings (SSSR count). The van der Waals surface area contributed by atoms with E-state index in [1.807, 2.05) is 18.0 Å². The van der Waals surface area contributed by atoms with Crippen LogP contribution in [0.1, 0.15) is 12.2 Å². The van der Waals surface area contributed by atoms with Gasteiger partial charge in [-0.2, -0.15) is 0 Å². The van der Waals surface area contributed by atoms with E-state index in [9.17, 15) is 4.79 Å². The van der Waals surface area contributed by atoms with Crippen LogP contribution >= 0.6 is 0 Å². The topological polar surface area (TPSA) is 61.8 Å². The second-order valence-corrected chi connectivity index (χ2v) is 6.43. The quantitative estimate of drug-likeness (QED) is 0.768. The van der Waals surface area contributed by atoms with E-state index in [1.165, 1.54) is 0 Å². The fourth-order valence-electron chi connectivity index (χ4n) is 3.20. The minimum Gasteiger partial charge on any atom is -0.366 e. The average Bonchev–Trinajstić information content (AvgIpc) is 3.05. The summed E-state index contributed by atoms with van der Waals surface area (Å²) in [6.07, 6.45) is 4.20. The van der Waals surface area contributed by atoms with Crippen molar-refractivity contribution in [3.8, 4) is 0 Å². The Labute approximate surface area is 137 Å². The molecule has 2 atom stereocenters. The van der Waals surface area contributed by atoms with Crippen molar-refractivity contribution in [1.82, 2.24) is 24.7 Å². The van der Waals surface area contributed by atoms with Gasteiger partial charge in [-0.1, -0.05) is 0 Å². The van der Waals surface area contributed by atoms with Crippen molar-refractivity contribution >= 4 is 5.91 Å². The normalized spacial score (nSPS) is 26.0. The molecule has 3 heterocycles. The summed E-state index contributed by atoms with van der Waals surface area (Å²) in [5.74, 6) is 0.945. The molecule has 0 aliphatic carbocycles. The van der Waals surface area contributed by atoms with Crippen LogP contribution in [0.25, 0.3) is 0 Å². The highest BCUT2D eigenvalue weighted by atomic mass is 16.5. The number of carbonyl (C=O) groups excluding carboxylic acids is 1. The number of likely N-dealkylation sites (tertiary alicyclic amines) is 1. The Morgan fingerprint density at radius 1 is 1.35 bits per heavy atom. The van der Waals surface area contributed by atoms with Crippen molar-refractivity contribution in [2.45, 2.75) is 25.1 Å². The third-order valence-corrected chi connectivity index (χ3v) is 4.65. The first kappa shape index (κ1) is 16.3. The average molecular weight is 319 g/mol. The number of hydrogen-bond donors (Lipinski definition) is 0. The van der Waals surface area contributed by atoms with Gasteiger partial charge in [0, 0.05) is 44.6 Å². The summed E-state index contributed by atoms with van der Waals surface area (Å²) in [6.45, 7) is 4.48. The van der Waals surface area contributed by atoms with Crippen molar-refractivity contribution in [1.29, 1.82) is 0 Å². The number of morpholine rings is 1.